The standard InChI is InChI=1S/C20H17ClN2O3S/c21-16-6-8-18(9-7-16)23-27(25,26)19-12-10-17(11-13-19)22-20(24)14-15-4-2-1-3-5-15/h1-13,23H,14H2,(H,22,24). The summed E-state index contributed by atoms with van der Waals surface area (Å²) in [6.45, 7) is 0. The SMILES string of the molecule is O=C(Cc1ccccc1)Nc1ccc(S(=O)(=O)Nc2ccc(Cl)cc2)cc1. The van der Waals surface area contributed by atoms with E-state index in [-0.39, 0.29) is 17.2 Å². The van der Waals surface area contributed by atoms with E-state index in [0.717, 1.165) is 5.56 Å². The van der Waals surface area contributed by atoms with E-state index < -0.39 is 10.0 Å². The topological polar surface area (TPSA) is 75.3 Å². The van der Waals surface area contributed by atoms with Crippen molar-refractivity contribution in [2.75, 3.05) is 10.0 Å². The van der Waals surface area contributed by atoms with E-state index in [9.17, 15) is 13.2 Å². The van der Waals surface area contributed by atoms with Crippen LogP contribution in [0.2, 0.25) is 5.02 Å². The van der Waals surface area contributed by atoms with Crippen LogP contribution in [-0.2, 0) is 21.2 Å². The van der Waals surface area contributed by atoms with Crippen LogP contribution in [0.25, 0.3) is 0 Å². The van der Waals surface area contributed by atoms with Crippen molar-refractivity contribution in [2.45, 2.75) is 11.3 Å². The molecule has 1 amide bonds. The number of amides is 1. The van der Waals surface area contributed by atoms with Crippen molar-refractivity contribution in [3.8, 4) is 0 Å². The zero-order chi connectivity index (χ0) is 19.3. The first-order valence-electron chi connectivity index (χ1n) is 8.15. The first kappa shape index (κ1) is 18.9. The number of anilines is 2. The third-order valence-electron chi connectivity index (χ3n) is 3.75. The fraction of sp³-hybridized carbons (Fsp3) is 0.0500. The molecule has 3 aromatic rings. The molecular weight excluding hydrogens is 384 g/mol. The average Bonchev–Trinajstić information content (AvgIpc) is 2.65. The van der Waals surface area contributed by atoms with E-state index >= 15 is 0 Å². The van der Waals surface area contributed by atoms with Gasteiger partial charge in [0.05, 0.1) is 11.3 Å². The highest BCUT2D eigenvalue weighted by Crippen LogP contribution is 2.20. The van der Waals surface area contributed by atoms with Gasteiger partial charge in [0.15, 0.2) is 0 Å². The maximum Gasteiger partial charge on any atom is 0.261 e. The van der Waals surface area contributed by atoms with Gasteiger partial charge in [-0.3, -0.25) is 9.52 Å². The van der Waals surface area contributed by atoms with Crippen LogP contribution in [0.5, 0.6) is 0 Å². The molecule has 3 rings (SSSR count). The van der Waals surface area contributed by atoms with Crippen molar-refractivity contribution < 1.29 is 13.2 Å². The highest BCUT2D eigenvalue weighted by molar-refractivity contribution is 7.92. The monoisotopic (exact) mass is 400 g/mol. The molecule has 3 aromatic carbocycles. The number of carbonyl (C=O) groups excluding carboxylic acids is 1. The van der Waals surface area contributed by atoms with E-state index in [1.165, 1.54) is 12.1 Å². The van der Waals surface area contributed by atoms with Gasteiger partial charge in [-0.1, -0.05) is 41.9 Å². The summed E-state index contributed by atoms with van der Waals surface area (Å²) in [4.78, 5) is 12.2. The van der Waals surface area contributed by atoms with Crippen molar-refractivity contribution in [2.24, 2.45) is 0 Å². The number of rotatable bonds is 6. The van der Waals surface area contributed by atoms with Crippen LogP contribution in [0.3, 0.4) is 0 Å². The van der Waals surface area contributed by atoms with Crippen molar-refractivity contribution >= 4 is 38.9 Å². The molecule has 0 bridgehead atoms. The van der Waals surface area contributed by atoms with Crippen LogP contribution in [0.1, 0.15) is 5.56 Å². The van der Waals surface area contributed by atoms with Gasteiger partial charge in [0.25, 0.3) is 10.0 Å². The number of hydrogen-bond acceptors (Lipinski definition) is 3. The quantitative estimate of drug-likeness (QED) is 0.647. The minimum Gasteiger partial charge on any atom is -0.326 e. The highest BCUT2D eigenvalue weighted by Gasteiger charge is 2.14. The second-order valence-corrected chi connectivity index (χ2v) is 7.97. The van der Waals surface area contributed by atoms with Gasteiger partial charge < -0.3 is 5.32 Å². The molecule has 138 valence electrons. The van der Waals surface area contributed by atoms with Gasteiger partial charge in [0, 0.05) is 16.4 Å². The molecule has 0 unspecified atom stereocenters. The lowest BCUT2D eigenvalue weighted by Gasteiger charge is -2.10. The molecule has 0 radical (unpaired) electrons. The fourth-order valence-corrected chi connectivity index (χ4v) is 3.62. The largest absolute Gasteiger partial charge is 0.326 e. The Balaban J connectivity index is 1.65. The molecule has 7 heteroatoms. The van der Waals surface area contributed by atoms with Crippen LogP contribution in [0.4, 0.5) is 11.4 Å². The number of carbonyl (C=O) groups is 1. The Hall–Kier alpha value is -2.83. The Morgan fingerprint density at radius 3 is 2.04 bits per heavy atom. The van der Waals surface area contributed by atoms with E-state index in [0.29, 0.717) is 16.4 Å². The molecule has 5 nitrogen and oxygen atoms in total. The van der Waals surface area contributed by atoms with Crippen molar-refractivity contribution in [3.63, 3.8) is 0 Å². The molecule has 0 aliphatic heterocycles. The van der Waals surface area contributed by atoms with Crippen LogP contribution in [0, 0.1) is 0 Å². The van der Waals surface area contributed by atoms with Crippen molar-refractivity contribution in [1.82, 2.24) is 0 Å². The van der Waals surface area contributed by atoms with Gasteiger partial charge in [-0.25, -0.2) is 8.42 Å². The van der Waals surface area contributed by atoms with Crippen molar-refractivity contribution in [1.29, 1.82) is 0 Å². The zero-order valence-corrected chi connectivity index (χ0v) is 15.8. The summed E-state index contributed by atoms with van der Waals surface area (Å²) >= 11 is 5.80. The van der Waals surface area contributed by atoms with Gasteiger partial charge in [0.2, 0.25) is 5.91 Å². The number of benzene rings is 3. The Morgan fingerprint density at radius 2 is 1.41 bits per heavy atom. The van der Waals surface area contributed by atoms with Gasteiger partial charge >= 0.3 is 0 Å². The predicted molar refractivity (Wildman–Crippen MR) is 107 cm³/mol. The summed E-state index contributed by atoms with van der Waals surface area (Å²) < 4.78 is 27.3. The second-order valence-electron chi connectivity index (χ2n) is 5.85. The van der Waals surface area contributed by atoms with Gasteiger partial charge in [-0.05, 0) is 54.1 Å². The summed E-state index contributed by atoms with van der Waals surface area (Å²) in [6.07, 6.45) is 0.249. The molecule has 0 fully saturated rings. The number of sulfonamides is 1. The molecule has 0 heterocycles. The minimum atomic E-state index is -3.73. The molecule has 0 aliphatic carbocycles. The first-order chi connectivity index (χ1) is 12.9. The van der Waals surface area contributed by atoms with Crippen molar-refractivity contribution in [3.05, 3.63) is 89.4 Å². The molecule has 0 saturated carbocycles. The second kappa shape index (κ2) is 8.24. The van der Waals surface area contributed by atoms with Gasteiger partial charge in [0.1, 0.15) is 0 Å². The van der Waals surface area contributed by atoms with Gasteiger partial charge in [-0.15, -0.1) is 0 Å². The molecule has 0 aliphatic rings. The lowest BCUT2D eigenvalue weighted by Crippen LogP contribution is -2.15. The summed E-state index contributed by atoms with van der Waals surface area (Å²) in [5, 5.41) is 3.28. The molecule has 0 aromatic heterocycles. The van der Waals surface area contributed by atoms with Crippen LogP contribution < -0.4 is 10.0 Å². The third-order valence-corrected chi connectivity index (χ3v) is 5.40. The van der Waals surface area contributed by atoms with E-state index in [1.807, 2.05) is 30.3 Å². The maximum atomic E-state index is 12.4. The fourth-order valence-electron chi connectivity index (χ4n) is 2.44. The Labute approximate surface area is 163 Å². The minimum absolute atomic E-state index is 0.0958. The average molecular weight is 401 g/mol. The Bertz CT molecular complexity index is 1020. The Kier molecular flexibility index (Phi) is 5.78. The molecule has 0 spiro atoms. The smallest absolute Gasteiger partial charge is 0.261 e. The number of hydrogen-bond donors (Lipinski definition) is 2. The summed E-state index contributed by atoms with van der Waals surface area (Å²) in [7, 11) is -3.73. The van der Waals surface area contributed by atoms with Crippen LogP contribution in [0.15, 0.2) is 83.8 Å². The van der Waals surface area contributed by atoms with E-state index in [1.54, 1.807) is 36.4 Å². The number of halogens is 1. The zero-order valence-electron chi connectivity index (χ0n) is 14.2. The molecule has 27 heavy (non-hydrogen) atoms. The third kappa shape index (κ3) is 5.32. The Morgan fingerprint density at radius 1 is 0.815 bits per heavy atom. The number of nitrogens with one attached hydrogen (secondary N) is 2. The van der Waals surface area contributed by atoms with E-state index in [4.69, 9.17) is 11.6 Å². The summed E-state index contributed by atoms with van der Waals surface area (Å²) in [6, 6.07) is 21.7. The normalized spacial score (nSPS) is 11.0. The lowest BCUT2D eigenvalue weighted by atomic mass is 10.1. The highest BCUT2D eigenvalue weighted by atomic mass is 35.5. The molecular formula is C20H17ClN2O3S. The predicted octanol–water partition coefficient (Wildman–Crippen LogP) is 4.32. The molecule has 2 N–H and O–H groups in total. The summed E-state index contributed by atoms with van der Waals surface area (Å²) in [5.74, 6) is -0.170. The molecule has 0 saturated heterocycles. The van der Waals surface area contributed by atoms with Crippen LogP contribution >= 0.6 is 11.6 Å². The van der Waals surface area contributed by atoms with Gasteiger partial charge in [-0.2, -0.15) is 0 Å². The lowest BCUT2D eigenvalue weighted by molar-refractivity contribution is -0.115. The van der Waals surface area contributed by atoms with Crippen LogP contribution in [-0.4, -0.2) is 14.3 Å². The summed E-state index contributed by atoms with van der Waals surface area (Å²) in [5.41, 5.74) is 1.85. The first-order valence-corrected chi connectivity index (χ1v) is 10.0. The molecule has 0 atom stereocenters. The van der Waals surface area contributed by atoms with E-state index in [2.05, 4.69) is 10.0 Å². The maximum absolute atomic E-state index is 12.4.